The van der Waals surface area contributed by atoms with Crippen molar-refractivity contribution in [2.24, 2.45) is 11.8 Å². The summed E-state index contributed by atoms with van der Waals surface area (Å²) in [7, 11) is 3.53. The molecule has 2 aliphatic heterocycles. The zero-order valence-electron chi connectivity index (χ0n) is 19.1. The smallest absolute Gasteiger partial charge is 0.245 e. The fraction of sp³-hybridized carbons (Fsp3) is 0.481. The van der Waals surface area contributed by atoms with Gasteiger partial charge >= 0.3 is 0 Å². The molecule has 0 aromatic heterocycles. The molecule has 0 spiro atoms. The van der Waals surface area contributed by atoms with Gasteiger partial charge in [0.2, 0.25) is 11.8 Å². The summed E-state index contributed by atoms with van der Waals surface area (Å²) in [5.41, 5.74) is 3.47. The zero-order valence-corrected chi connectivity index (χ0v) is 19.1. The number of likely N-dealkylation sites (tertiary alicyclic amines) is 1. The first kappa shape index (κ1) is 21.2. The molecule has 1 saturated heterocycles. The summed E-state index contributed by atoms with van der Waals surface area (Å²) < 4.78 is 0. The van der Waals surface area contributed by atoms with Crippen molar-refractivity contribution >= 4 is 17.5 Å². The van der Waals surface area contributed by atoms with Crippen LogP contribution in [0.15, 0.2) is 54.6 Å². The molecule has 2 heterocycles. The van der Waals surface area contributed by atoms with Crippen LogP contribution in [-0.4, -0.2) is 61.4 Å². The van der Waals surface area contributed by atoms with Crippen LogP contribution in [0.4, 0.5) is 5.69 Å². The minimum Gasteiger partial charge on any atom is -0.347 e. The predicted octanol–water partition coefficient (Wildman–Crippen LogP) is 3.55. The van der Waals surface area contributed by atoms with Crippen LogP contribution < -0.4 is 4.90 Å². The Bertz CT molecular complexity index is 975. The fourth-order valence-electron chi connectivity index (χ4n) is 6.29. The lowest BCUT2D eigenvalue weighted by molar-refractivity contribution is -0.132. The number of anilines is 1. The van der Waals surface area contributed by atoms with Crippen LogP contribution in [0.1, 0.15) is 36.3 Å². The molecule has 0 radical (unpaired) electrons. The third-order valence-corrected chi connectivity index (χ3v) is 7.71. The van der Waals surface area contributed by atoms with E-state index in [1.807, 2.05) is 24.3 Å². The van der Waals surface area contributed by atoms with Crippen molar-refractivity contribution in [2.75, 3.05) is 38.6 Å². The number of para-hydroxylation sites is 1. The first-order valence-corrected chi connectivity index (χ1v) is 11.9. The fourth-order valence-corrected chi connectivity index (χ4v) is 6.29. The van der Waals surface area contributed by atoms with Gasteiger partial charge in [-0.3, -0.25) is 14.5 Å². The number of amides is 2. The molecule has 5 heteroatoms. The number of hydrogen-bond donors (Lipinski definition) is 0. The Morgan fingerprint density at radius 3 is 2.28 bits per heavy atom. The summed E-state index contributed by atoms with van der Waals surface area (Å²) >= 11 is 0. The largest absolute Gasteiger partial charge is 0.347 e. The van der Waals surface area contributed by atoms with Gasteiger partial charge in [-0.2, -0.15) is 0 Å². The lowest BCUT2D eigenvalue weighted by Crippen LogP contribution is -2.49. The number of benzene rings is 2. The molecule has 3 aliphatic rings. The molecule has 2 fully saturated rings. The second-order valence-corrected chi connectivity index (χ2v) is 9.89. The van der Waals surface area contributed by atoms with E-state index in [9.17, 15) is 9.59 Å². The number of rotatable bonds is 5. The Morgan fingerprint density at radius 1 is 0.938 bits per heavy atom. The number of piperidine rings is 1. The molecule has 5 nitrogen and oxygen atoms in total. The molecule has 2 bridgehead atoms. The first-order valence-electron chi connectivity index (χ1n) is 11.9. The van der Waals surface area contributed by atoms with E-state index in [0.717, 1.165) is 30.9 Å². The maximum atomic E-state index is 13.4. The summed E-state index contributed by atoms with van der Waals surface area (Å²) in [4.78, 5) is 32.1. The van der Waals surface area contributed by atoms with Crippen molar-refractivity contribution in [3.8, 4) is 0 Å². The van der Waals surface area contributed by atoms with E-state index in [4.69, 9.17) is 0 Å². The Labute approximate surface area is 191 Å². The molecule has 1 saturated carbocycles. The third-order valence-electron chi connectivity index (χ3n) is 7.71. The molecule has 2 amide bonds. The Balaban J connectivity index is 1.25. The van der Waals surface area contributed by atoms with Crippen LogP contribution in [0.25, 0.3) is 0 Å². The van der Waals surface area contributed by atoms with E-state index in [1.54, 1.807) is 23.9 Å². The molecule has 2 aromatic rings. The number of carbonyl (C=O) groups excluding carboxylic acids is 2. The number of carbonyl (C=O) groups is 2. The Hall–Kier alpha value is -2.66. The van der Waals surface area contributed by atoms with E-state index in [-0.39, 0.29) is 11.8 Å². The van der Waals surface area contributed by atoms with Gasteiger partial charge in [-0.15, -0.1) is 0 Å². The lowest BCUT2D eigenvalue weighted by Gasteiger charge is -2.38. The molecule has 2 unspecified atom stereocenters. The van der Waals surface area contributed by atoms with Crippen molar-refractivity contribution in [3.05, 3.63) is 65.7 Å². The molecular formula is C27H33N3O2. The topological polar surface area (TPSA) is 43.9 Å². The number of nitrogens with zero attached hydrogens (tertiary/aromatic N) is 3. The van der Waals surface area contributed by atoms with E-state index in [0.29, 0.717) is 30.6 Å². The van der Waals surface area contributed by atoms with Gasteiger partial charge in [0.1, 0.15) is 6.04 Å². The van der Waals surface area contributed by atoms with Gasteiger partial charge in [0.05, 0.1) is 0 Å². The van der Waals surface area contributed by atoms with Crippen molar-refractivity contribution in [1.82, 2.24) is 9.80 Å². The van der Waals surface area contributed by atoms with Crippen LogP contribution in [0.5, 0.6) is 0 Å². The highest BCUT2D eigenvalue weighted by Crippen LogP contribution is 2.48. The van der Waals surface area contributed by atoms with Gasteiger partial charge < -0.3 is 9.80 Å². The number of hydrogen-bond acceptors (Lipinski definition) is 3. The molecule has 5 rings (SSSR count). The maximum absolute atomic E-state index is 13.4. The Morgan fingerprint density at radius 2 is 1.59 bits per heavy atom. The molecule has 0 N–H and O–H groups in total. The highest BCUT2D eigenvalue weighted by molar-refractivity contribution is 6.03. The predicted molar refractivity (Wildman–Crippen MR) is 127 cm³/mol. The van der Waals surface area contributed by atoms with Crippen molar-refractivity contribution in [1.29, 1.82) is 0 Å². The summed E-state index contributed by atoms with van der Waals surface area (Å²) in [5, 5.41) is 0. The normalized spacial score (nSPS) is 26.8. The van der Waals surface area contributed by atoms with Crippen LogP contribution >= 0.6 is 0 Å². The summed E-state index contributed by atoms with van der Waals surface area (Å²) in [5.74, 6) is 2.09. The quantitative estimate of drug-likeness (QED) is 0.727. The third kappa shape index (κ3) is 3.83. The molecule has 32 heavy (non-hydrogen) atoms. The zero-order chi connectivity index (χ0) is 22.2. The van der Waals surface area contributed by atoms with E-state index >= 15 is 0 Å². The molecule has 1 aliphatic carbocycles. The van der Waals surface area contributed by atoms with Crippen LogP contribution in [0.2, 0.25) is 0 Å². The second-order valence-electron chi connectivity index (χ2n) is 9.89. The first-order chi connectivity index (χ1) is 15.5. The van der Waals surface area contributed by atoms with Crippen LogP contribution in [0.3, 0.4) is 0 Å². The highest BCUT2D eigenvalue weighted by atomic mass is 16.2. The van der Waals surface area contributed by atoms with Gasteiger partial charge in [0.15, 0.2) is 0 Å². The monoisotopic (exact) mass is 431 g/mol. The van der Waals surface area contributed by atoms with Crippen LogP contribution in [0, 0.1) is 11.8 Å². The molecular weight excluding hydrogens is 398 g/mol. The minimum atomic E-state index is -0.421. The summed E-state index contributed by atoms with van der Waals surface area (Å²) in [6.45, 7) is 2.91. The molecule has 168 valence electrons. The van der Waals surface area contributed by atoms with Crippen molar-refractivity contribution < 1.29 is 9.59 Å². The van der Waals surface area contributed by atoms with Gasteiger partial charge in [-0.25, -0.2) is 0 Å². The number of fused-ring (bicyclic) bond motifs is 3. The Kier molecular flexibility index (Phi) is 5.76. The summed E-state index contributed by atoms with van der Waals surface area (Å²) in [6.07, 6.45) is 3.63. The lowest BCUT2D eigenvalue weighted by atomic mass is 9.80. The van der Waals surface area contributed by atoms with Gasteiger partial charge in [-0.1, -0.05) is 48.5 Å². The highest BCUT2D eigenvalue weighted by Gasteiger charge is 2.43. The van der Waals surface area contributed by atoms with Gasteiger partial charge in [0, 0.05) is 52.3 Å². The number of likely N-dealkylation sites (N-methyl/N-ethyl adjacent to an activating group) is 1. The second kappa shape index (κ2) is 8.70. The van der Waals surface area contributed by atoms with Crippen LogP contribution in [-0.2, 0) is 16.0 Å². The van der Waals surface area contributed by atoms with Crippen molar-refractivity contribution in [3.63, 3.8) is 0 Å². The molecule has 2 aromatic carbocycles. The standard InChI is InChI=1S/C27H33N3O2/c1-28(2)27(32)24-16-20-10-6-7-11-23(20)30(24)25(31)14-15-29-17-21-12-13-22(18-29)26(21)19-8-4-3-5-9-19/h3-11,21-22,24,26H,12-18H2,1-2H3/t21?,22?,24-,26?/m0/s1. The minimum absolute atomic E-state index is 0.00345. The molecule has 3 atom stereocenters. The van der Waals surface area contributed by atoms with Gasteiger partial charge in [-0.05, 0) is 47.8 Å². The van der Waals surface area contributed by atoms with Gasteiger partial charge in [0.25, 0.3) is 0 Å². The average molecular weight is 432 g/mol. The summed E-state index contributed by atoms with van der Waals surface area (Å²) in [6, 6.07) is 18.5. The maximum Gasteiger partial charge on any atom is 0.245 e. The SMILES string of the molecule is CN(C)C(=O)[C@@H]1Cc2ccccc2N1C(=O)CCN1CC2CCC(C1)C2c1ccccc1. The van der Waals surface area contributed by atoms with E-state index in [1.165, 1.54) is 18.4 Å². The van der Waals surface area contributed by atoms with Crippen molar-refractivity contribution in [2.45, 2.75) is 37.6 Å². The van der Waals surface area contributed by atoms with E-state index < -0.39 is 6.04 Å². The van der Waals surface area contributed by atoms with E-state index in [2.05, 4.69) is 35.2 Å². The average Bonchev–Trinajstić information content (AvgIpc) is 3.32.